The number of nitrogens with zero attached hydrogens (tertiary/aromatic N) is 1. The van der Waals surface area contributed by atoms with Gasteiger partial charge < -0.3 is 9.84 Å². The molecule has 0 saturated carbocycles. The molecular formula is C13H16FNO5S. The van der Waals surface area contributed by atoms with E-state index in [1.54, 1.807) is 13.8 Å². The monoisotopic (exact) mass is 317 g/mol. The molecule has 0 bridgehead atoms. The summed E-state index contributed by atoms with van der Waals surface area (Å²) >= 11 is 0. The molecule has 8 heteroatoms. The van der Waals surface area contributed by atoms with Crippen LogP contribution < -0.4 is 0 Å². The first-order valence-corrected chi connectivity index (χ1v) is 7.84. The first kappa shape index (κ1) is 15.9. The maximum atomic E-state index is 14.0. The Morgan fingerprint density at radius 1 is 1.33 bits per heavy atom. The Bertz CT molecular complexity index is 651. The van der Waals surface area contributed by atoms with Crippen LogP contribution in [0, 0.1) is 5.82 Å². The number of carboxylic acids is 1. The highest BCUT2D eigenvalue weighted by Crippen LogP contribution is 2.24. The Morgan fingerprint density at radius 2 is 1.90 bits per heavy atom. The summed E-state index contributed by atoms with van der Waals surface area (Å²) in [5, 5.41) is 8.78. The number of carboxylic acid groups (broad SMARTS) is 1. The van der Waals surface area contributed by atoms with E-state index in [4.69, 9.17) is 9.84 Å². The van der Waals surface area contributed by atoms with E-state index in [-0.39, 0.29) is 30.9 Å². The lowest BCUT2D eigenvalue weighted by atomic mass is 10.2. The predicted octanol–water partition coefficient (Wildman–Crippen LogP) is 1.32. The highest BCUT2D eigenvalue weighted by molar-refractivity contribution is 7.89. The number of morpholine rings is 1. The smallest absolute Gasteiger partial charge is 0.335 e. The minimum Gasteiger partial charge on any atom is -0.478 e. The molecule has 2 atom stereocenters. The summed E-state index contributed by atoms with van der Waals surface area (Å²) in [4.78, 5) is 10.2. The highest BCUT2D eigenvalue weighted by atomic mass is 32.2. The molecule has 0 spiro atoms. The third kappa shape index (κ3) is 3.22. The van der Waals surface area contributed by atoms with Crippen molar-refractivity contribution in [2.24, 2.45) is 0 Å². The Labute approximate surface area is 122 Å². The second-order valence-electron chi connectivity index (χ2n) is 5.03. The largest absolute Gasteiger partial charge is 0.478 e. The Kier molecular flexibility index (Phi) is 4.31. The van der Waals surface area contributed by atoms with Crippen LogP contribution in [-0.4, -0.2) is 49.1 Å². The van der Waals surface area contributed by atoms with Crippen molar-refractivity contribution in [3.8, 4) is 0 Å². The van der Waals surface area contributed by atoms with Crippen LogP contribution >= 0.6 is 0 Å². The molecule has 21 heavy (non-hydrogen) atoms. The average Bonchev–Trinajstić information content (AvgIpc) is 2.36. The molecule has 1 saturated heterocycles. The fourth-order valence-corrected chi connectivity index (χ4v) is 3.95. The van der Waals surface area contributed by atoms with Gasteiger partial charge in [-0.3, -0.25) is 0 Å². The number of halogens is 1. The highest BCUT2D eigenvalue weighted by Gasteiger charge is 2.34. The average molecular weight is 317 g/mol. The van der Waals surface area contributed by atoms with Crippen LogP contribution in [-0.2, 0) is 14.8 Å². The van der Waals surface area contributed by atoms with Crippen LogP contribution in [0.2, 0.25) is 0 Å². The van der Waals surface area contributed by atoms with Crippen molar-refractivity contribution in [3.05, 3.63) is 29.6 Å². The second kappa shape index (κ2) is 5.70. The zero-order chi connectivity index (χ0) is 15.8. The molecule has 1 aliphatic heterocycles. The van der Waals surface area contributed by atoms with Crippen LogP contribution in [0.4, 0.5) is 4.39 Å². The quantitative estimate of drug-likeness (QED) is 0.909. The molecule has 1 aliphatic rings. The summed E-state index contributed by atoms with van der Waals surface area (Å²) < 4.78 is 45.5. The lowest BCUT2D eigenvalue weighted by Gasteiger charge is -2.34. The number of rotatable bonds is 3. The summed E-state index contributed by atoms with van der Waals surface area (Å²) in [5.74, 6) is -2.38. The third-order valence-corrected chi connectivity index (χ3v) is 5.05. The molecule has 116 valence electrons. The van der Waals surface area contributed by atoms with E-state index in [0.717, 1.165) is 16.4 Å². The lowest BCUT2D eigenvalue weighted by Crippen LogP contribution is -2.48. The fraction of sp³-hybridized carbons (Fsp3) is 0.462. The molecule has 0 aromatic heterocycles. The van der Waals surface area contributed by atoms with Crippen molar-refractivity contribution in [1.82, 2.24) is 4.31 Å². The minimum absolute atomic E-state index is 0.132. The topological polar surface area (TPSA) is 83.9 Å². The van der Waals surface area contributed by atoms with Gasteiger partial charge in [0.25, 0.3) is 0 Å². The molecule has 2 unspecified atom stereocenters. The molecule has 1 heterocycles. The number of carbonyl (C=O) groups is 1. The van der Waals surface area contributed by atoms with Crippen molar-refractivity contribution < 1.29 is 27.4 Å². The van der Waals surface area contributed by atoms with Gasteiger partial charge in [-0.15, -0.1) is 0 Å². The van der Waals surface area contributed by atoms with Gasteiger partial charge in [0, 0.05) is 13.1 Å². The Morgan fingerprint density at radius 3 is 2.38 bits per heavy atom. The van der Waals surface area contributed by atoms with E-state index < -0.39 is 26.7 Å². The van der Waals surface area contributed by atoms with Crippen LogP contribution in [0.5, 0.6) is 0 Å². The van der Waals surface area contributed by atoms with Gasteiger partial charge in [-0.05, 0) is 32.0 Å². The zero-order valence-corrected chi connectivity index (χ0v) is 12.4. The molecule has 6 nitrogen and oxygen atoms in total. The third-order valence-electron chi connectivity index (χ3n) is 3.18. The summed E-state index contributed by atoms with van der Waals surface area (Å²) in [5.41, 5.74) is -0.296. The van der Waals surface area contributed by atoms with Gasteiger partial charge in [0.15, 0.2) is 0 Å². The summed E-state index contributed by atoms with van der Waals surface area (Å²) in [6.07, 6.45) is -0.574. The van der Waals surface area contributed by atoms with Crippen LogP contribution in [0.15, 0.2) is 23.1 Å². The summed E-state index contributed by atoms with van der Waals surface area (Å²) in [6.45, 7) is 3.74. The SMILES string of the molecule is CC1CN(S(=O)(=O)c2ccc(C(=O)O)cc2F)CC(C)O1. The molecule has 1 aromatic carbocycles. The van der Waals surface area contributed by atoms with Gasteiger partial charge in [-0.1, -0.05) is 0 Å². The van der Waals surface area contributed by atoms with Crippen molar-refractivity contribution >= 4 is 16.0 Å². The van der Waals surface area contributed by atoms with Crippen molar-refractivity contribution in [2.75, 3.05) is 13.1 Å². The number of aromatic carboxylic acids is 1. The maximum absolute atomic E-state index is 14.0. The van der Waals surface area contributed by atoms with Gasteiger partial charge in [0.2, 0.25) is 10.0 Å². The van der Waals surface area contributed by atoms with Crippen LogP contribution in [0.3, 0.4) is 0 Å². The minimum atomic E-state index is -4.02. The predicted molar refractivity (Wildman–Crippen MR) is 72.1 cm³/mol. The molecule has 0 radical (unpaired) electrons. The standard InChI is InChI=1S/C13H16FNO5S/c1-8-6-15(7-9(2)20-8)21(18,19)12-4-3-10(13(16)17)5-11(12)14/h3-5,8-9H,6-7H2,1-2H3,(H,16,17). The summed E-state index contributed by atoms with van der Waals surface area (Å²) in [7, 11) is -4.02. The molecule has 2 rings (SSSR count). The lowest BCUT2D eigenvalue weighted by molar-refractivity contribution is -0.0441. The van der Waals surface area contributed by atoms with Crippen molar-refractivity contribution in [3.63, 3.8) is 0 Å². The van der Waals surface area contributed by atoms with Crippen molar-refractivity contribution in [2.45, 2.75) is 31.0 Å². The number of benzene rings is 1. The number of hydrogen-bond donors (Lipinski definition) is 1. The maximum Gasteiger partial charge on any atom is 0.335 e. The zero-order valence-electron chi connectivity index (χ0n) is 11.6. The molecule has 1 fully saturated rings. The van der Waals surface area contributed by atoms with E-state index in [1.165, 1.54) is 0 Å². The van der Waals surface area contributed by atoms with Gasteiger partial charge in [-0.2, -0.15) is 4.31 Å². The normalized spacial score (nSPS) is 24.0. The second-order valence-corrected chi connectivity index (χ2v) is 6.94. The first-order valence-electron chi connectivity index (χ1n) is 6.40. The molecular weight excluding hydrogens is 301 g/mol. The van der Waals surface area contributed by atoms with Gasteiger partial charge in [0.1, 0.15) is 10.7 Å². The van der Waals surface area contributed by atoms with E-state index >= 15 is 0 Å². The van der Waals surface area contributed by atoms with Crippen LogP contribution in [0.1, 0.15) is 24.2 Å². The fourth-order valence-electron chi connectivity index (χ4n) is 2.31. The van der Waals surface area contributed by atoms with Crippen LogP contribution in [0.25, 0.3) is 0 Å². The number of ether oxygens (including phenoxy) is 1. The Balaban J connectivity index is 2.37. The molecule has 0 aliphatic carbocycles. The summed E-state index contributed by atoms with van der Waals surface area (Å²) in [6, 6.07) is 2.77. The van der Waals surface area contributed by atoms with Gasteiger partial charge in [0.05, 0.1) is 17.8 Å². The van der Waals surface area contributed by atoms with Gasteiger partial charge >= 0.3 is 5.97 Å². The van der Waals surface area contributed by atoms with E-state index in [1.807, 2.05) is 0 Å². The van der Waals surface area contributed by atoms with Gasteiger partial charge in [-0.25, -0.2) is 17.6 Å². The first-order chi connectivity index (χ1) is 9.71. The Hall–Kier alpha value is -1.51. The number of sulfonamides is 1. The van der Waals surface area contributed by atoms with Crippen molar-refractivity contribution in [1.29, 1.82) is 0 Å². The molecule has 1 aromatic rings. The molecule has 0 amide bonds. The number of hydrogen-bond acceptors (Lipinski definition) is 4. The van der Waals surface area contributed by atoms with E-state index in [2.05, 4.69) is 0 Å². The van der Waals surface area contributed by atoms with E-state index in [0.29, 0.717) is 6.07 Å². The van der Waals surface area contributed by atoms with E-state index in [9.17, 15) is 17.6 Å². The molecule has 1 N–H and O–H groups in total.